The summed E-state index contributed by atoms with van der Waals surface area (Å²) in [6.45, 7) is 2.21. The van der Waals surface area contributed by atoms with Crippen LogP contribution in [0.15, 0.2) is 24.3 Å². The fourth-order valence-electron chi connectivity index (χ4n) is 3.03. The molecule has 1 unspecified atom stereocenters. The standard InChI is InChI=1S/C15H21F3N2/c1-10-5-7-11(8-6-10)14(20-19)12-3-2-4-13(9-12)15(16,17)18/h2-4,9-11,14,20H,5-8,19H2,1H3. The van der Waals surface area contributed by atoms with Crippen molar-refractivity contribution in [3.63, 3.8) is 0 Å². The topological polar surface area (TPSA) is 38.0 Å². The van der Waals surface area contributed by atoms with Gasteiger partial charge in [0.25, 0.3) is 0 Å². The van der Waals surface area contributed by atoms with E-state index in [9.17, 15) is 13.2 Å². The zero-order chi connectivity index (χ0) is 14.8. The third kappa shape index (κ3) is 3.52. The lowest BCUT2D eigenvalue weighted by Gasteiger charge is -2.32. The highest BCUT2D eigenvalue weighted by Gasteiger charge is 2.32. The summed E-state index contributed by atoms with van der Waals surface area (Å²) in [5.41, 5.74) is 2.73. The molecule has 1 aliphatic rings. The number of nitrogens with two attached hydrogens (primary N) is 1. The van der Waals surface area contributed by atoms with Gasteiger partial charge in [0.15, 0.2) is 0 Å². The monoisotopic (exact) mass is 286 g/mol. The van der Waals surface area contributed by atoms with Crippen molar-refractivity contribution >= 4 is 0 Å². The van der Waals surface area contributed by atoms with Crippen LogP contribution in [0.4, 0.5) is 13.2 Å². The predicted octanol–water partition coefficient (Wildman–Crippen LogP) is 4.04. The lowest BCUT2D eigenvalue weighted by Crippen LogP contribution is -2.35. The largest absolute Gasteiger partial charge is 0.416 e. The van der Waals surface area contributed by atoms with Crippen LogP contribution >= 0.6 is 0 Å². The SMILES string of the molecule is CC1CCC(C(NN)c2cccc(C(F)(F)F)c2)CC1. The molecule has 2 nitrogen and oxygen atoms in total. The van der Waals surface area contributed by atoms with Gasteiger partial charge in [0.05, 0.1) is 5.56 Å². The molecule has 0 spiro atoms. The summed E-state index contributed by atoms with van der Waals surface area (Å²) in [4.78, 5) is 0. The van der Waals surface area contributed by atoms with Crippen molar-refractivity contribution in [3.05, 3.63) is 35.4 Å². The Hall–Kier alpha value is -1.07. The molecule has 0 bridgehead atoms. The van der Waals surface area contributed by atoms with Gasteiger partial charge in [-0.3, -0.25) is 11.3 Å². The van der Waals surface area contributed by atoms with Crippen LogP contribution in [-0.4, -0.2) is 0 Å². The van der Waals surface area contributed by atoms with Crippen molar-refractivity contribution in [2.24, 2.45) is 17.7 Å². The lowest BCUT2D eigenvalue weighted by molar-refractivity contribution is -0.137. The van der Waals surface area contributed by atoms with Crippen LogP contribution < -0.4 is 11.3 Å². The number of halogens is 3. The van der Waals surface area contributed by atoms with Crippen molar-refractivity contribution in [2.45, 2.75) is 44.8 Å². The van der Waals surface area contributed by atoms with E-state index >= 15 is 0 Å². The molecule has 1 aliphatic carbocycles. The van der Waals surface area contributed by atoms with Crippen molar-refractivity contribution in [3.8, 4) is 0 Å². The molecule has 20 heavy (non-hydrogen) atoms. The van der Waals surface area contributed by atoms with Gasteiger partial charge in [-0.2, -0.15) is 13.2 Å². The van der Waals surface area contributed by atoms with Gasteiger partial charge in [-0.25, -0.2) is 0 Å². The molecule has 112 valence electrons. The molecule has 1 aromatic carbocycles. The van der Waals surface area contributed by atoms with E-state index in [1.165, 1.54) is 12.1 Å². The highest BCUT2D eigenvalue weighted by molar-refractivity contribution is 5.28. The first kappa shape index (κ1) is 15.3. The quantitative estimate of drug-likeness (QED) is 0.650. The molecule has 0 amide bonds. The minimum Gasteiger partial charge on any atom is -0.271 e. The van der Waals surface area contributed by atoms with E-state index in [0.29, 0.717) is 17.4 Å². The van der Waals surface area contributed by atoms with Crippen LogP contribution in [0.5, 0.6) is 0 Å². The third-order valence-corrected chi connectivity index (χ3v) is 4.28. The highest BCUT2D eigenvalue weighted by atomic mass is 19.4. The van der Waals surface area contributed by atoms with Crippen LogP contribution in [0.25, 0.3) is 0 Å². The number of hydrazine groups is 1. The summed E-state index contributed by atoms with van der Waals surface area (Å²) in [7, 11) is 0. The maximum absolute atomic E-state index is 12.8. The fourth-order valence-corrected chi connectivity index (χ4v) is 3.03. The number of nitrogens with one attached hydrogen (secondary N) is 1. The van der Waals surface area contributed by atoms with Crippen molar-refractivity contribution in [1.29, 1.82) is 0 Å². The maximum Gasteiger partial charge on any atom is 0.416 e. The maximum atomic E-state index is 12.8. The molecule has 0 aliphatic heterocycles. The smallest absolute Gasteiger partial charge is 0.271 e. The average molecular weight is 286 g/mol. The Balaban J connectivity index is 2.19. The minimum atomic E-state index is -4.31. The van der Waals surface area contributed by atoms with Crippen LogP contribution in [0.2, 0.25) is 0 Å². The Labute approximate surface area is 117 Å². The second-order valence-corrected chi connectivity index (χ2v) is 5.79. The Morgan fingerprint density at radius 2 is 1.85 bits per heavy atom. The van der Waals surface area contributed by atoms with Gasteiger partial charge >= 0.3 is 6.18 Å². The first-order valence-electron chi connectivity index (χ1n) is 7.05. The normalized spacial score (nSPS) is 25.4. The lowest BCUT2D eigenvalue weighted by atomic mass is 9.77. The number of benzene rings is 1. The van der Waals surface area contributed by atoms with Crippen molar-refractivity contribution in [1.82, 2.24) is 5.43 Å². The van der Waals surface area contributed by atoms with E-state index in [1.54, 1.807) is 6.07 Å². The van der Waals surface area contributed by atoms with Crippen LogP contribution in [0.3, 0.4) is 0 Å². The third-order valence-electron chi connectivity index (χ3n) is 4.28. The molecular weight excluding hydrogens is 265 g/mol. The van der Waals surface area contributed by atoms with Crippen LogP contribution in [-0.2, 0) is 6.18 Å². The van der Waals surface area contributed by atoms with Gasteiger partial charge < -0.3 is 0 Å². The van der Waals surface area contributed by atoms with Gasteiger partial charge in [0.2, 0.25) is 0 Å². The van der Waals surface area contributed by atoms with E-state index in [4.69, 9.17) is 5.84 Å². The van der Waals surface area contributed by atoms with Gasteiger partial charge in [0.1, 0.15) is 0 Å². The zero-order valence-corrected chi connectivity index (χ0v) is 11.6. The van der Waals surface area contributed by atoms with Gasteiger partial charge in [-0.1, -0.05) is 31.9 Å². The molecule has 1 aromatic rings. The minimum absolute atomic E-state index is 0.204. The summed E-state index contributed by atoms with van der Waals surface area (Å²) in [6.07, 6.45) is -0.0710. The summed E-state index contributed by atoms with van der Waals surface area (Å²) in [5.74, 6) is 6.60. The van der Waals surface area contributed by atoms with E-state index in [2.05, 4.69) is 12.3 Å². The number of alkyl halides is 3. The second-order valence-electron chi connectivity index (χ2n) is 5.79. The zero-order valence-electron chi connectivity index (χ0n) is 11.6. The molecule has 0 saturated heterocycles. The summed E-state index contributed by atoms with van der Waals surface area (Å²) in [5, 5.41) is 0. The summed E-state index contributed by atoms with van der Waals surface area (Å²) >= 11 is 0. The molecular formula is C15H21F3N2. The molecule has 2 rings (SSSR count). The first-order valence-corrected chi connectivity index (χ1v) is 7.05. The molecule has 3 N–H and O–H groups in total. The number of hydrogen-bond donors (Lipinski definition) is 2. The number of rotatable bonds is 3. The van der Waals surface area contributed by atoms with E-state index in [1.807, 2.05) is 0 Å². The predicted molar refractivity (Wildman–Crippen MR) is 72.6 cm³/mol. The fraction of sp³-hybridized carbons (Fsp3) is 0.600. The molecule has 5 heteroatoms. The summed E-state index contributed by atoms with van der Waals surface area (Å²) < 4.78 is 38.3. The number of hydrogen-bond acceptors (Lipinski definition) is 2. The Bertz CT molecular complexity index is 437. The van der Waals surface area contributed by atoms with Crippen molar-refractivity contribution < 1.29 is 13.2 Å². The molecule has 1 saturated carbocycles. The molecule has 1 atom stereocenters. The van der Waals surface area contributed by atoms with Gasteiger partial charge in [0, 0.05) is 6.04 Å². The molecule has 1 fully saturated rings. The second kappa shape index (κ2) is 6.14. The van der Waals surface area contributed by atoms with Gasteiger partial charge in [-0.05, 0) is 42.4 Å². The van der Waals surface area contributed by atoms with E-state index in [-0.39, 0.29) is 6.04 Å². The Morgan fingerprint density at radius 3 is 2.40 bits per heavy atom. The molecule has 0 aromatic heterocycles. The van der Waals surface area contributed by atoms with Crippen LogP contribution in [0, 0.1) is 11.8 Å². The van der Waals surface area contributed by atoms with Crippen molar-refractivity contribution in [2.75, 3.05) is 0 Å². The molecule has 0 heterocycles. The highest BCUT2D eigenvalue weighted by Crippen LogP contribution is 2.38. The van der Waals surface area contributed by atoms with E-state index in [0.717, 1.165) is 31.7 Å². The Morgan fingerprint density at radius 1 is 1.20 bits per heavy atom. The summed E-state index contributed by atoms with van der Waals surface area (Å²) in [6, 6.07) is 5.28. The average Bonchev–Trinajstić information content (AvgIpc) is 2.41. The molecule has 0 radical (unpaired) electrons. The Kier molecular flexibility index (Phi) is 4.70. The van der Waals surface area contributed by atoms with Gasteiger partial charge in [-0.15, -0.1) is 0 Å². The first-order chi connectivity index (χ1) is 9.41. The van der Waals surface area contributed by atoms with Crippen LogP contribution in [0.1, 0.15) is 49.8 Å². The van der Waals surface area contributed by atoms with E-state index < -0.39 is 11.7 Å².